The highest BCUT2D eigenvalue weighted by atomic mass is 32.2. The minimum absolute atomic E-state index is 0.0342. The molecule has 0 bridgehead atoms. The lowest BCUT2D eigenvalue weighted by atomic mass is 10.0. The second kappa shape index (κ2) is 5.21. The first kappa shape index (κ1) is 12.0. The zero-order chi connectivity index (χ0) is 12.3. The molecular formula is C13H10FO2S-. The molecule has 17 heavy (non-hydrogen) atoms. The van der Waals surface area contributed by atoms with Crippen molar-refractivity contribution in [1.82, 2.24) is 0 Å². The minimum atomic E-state index is -2.13. The van der Waals surface area contributed by atoms with Gasteiger partial charge in [-0.1, -0.05) is 47.5 Å². The van der Waals surface area contributed by atoms with Gasteiger partial charge in [0.15, 0.2) is 0 Å². The van der Waals surface area contributed by atoms with E-state index in [1.165, 1.54) is 12.1 Å². The van der Waals surface area contributed by atoms with Crippen molar-refractivity contribution in [1.29, 1.82) is 0 Å². The third-order valence-electron chi connectivity index (χ3n) is 2.45. The summed E-state index contributed by atoms with van der Waals surface area (Å²) in [6.45, 7) is 0. The van der Waals surface area contributed by atoms with Gasteiger partial charge in [-0.25, -0.2) is 4.39 Å². The topological polar surface area (TPSA) is 40.1 Å². The molecule has 2 aromatic carbocycles. The van der Waals surface area contributed by atoms with Crippen LogP contribution in [0.1, 0.15) is 5.56 Å². The van der Waals surface area contributed by atoms with Crippen molar-refractivity contribution in [2.24, 2.45) is 0 Å². The van der Waals surface area contributed by atoms with Crippen molar-refractivity contribution in [3.05, 3.63) is 59.9 Å². The zero-order valence-corrected chi connectivity index (χ0v) is 9.75. The SMILES string of the molecule is O=S([O-])Cc1ccccc1-c1ccc(F)cc1. The number of hydrogen-bond donors (Lipinski definition) is 0. The van der Waals surface area contributed by atoms with E-state index < -0.39 is 11.1 Å². The molecule has 2 rings (SSSR count). The first-order chi connectivity index (χ1) is 8.16. The highest BCUT2D eigenvalue weighted by Crippen LogP contribution is 2.24. The third-order valence-corrected chi connectivity index (χ3v) is 2.99. The number of hydrogen-bond acceptors (Lipinski definition) is 2. The Morgan fingerprint density at radius 2 is 1.71 bits per heavy atom. The fourth-order valence-electron chi connectivity index (χ4n) is 1.68. The molecule has 0 saturated carbocycles. The van der Waals surface area contributed by atoms with Crippen LogP contribution in [-0.2, 0) is 16.8 Å². The Labute approximate surface area is 101 Å². The van der Waals surface area contributed by atoms with E-state index in [2.05, 4.69) is 0 Å². The largest absolute Gasteiger partial charge is 0.772 e. The summed E-state index contributed by atoms with van der Waals surface area (Å²) in [5.41, 5.74) is 2.34. The van der Waals surface area contributed by atoms with E-state index in [4.69, 9.17) is 0 Å². The molecule has 0 saturated heterocycles. The molecular weight excluding hydrogens is 239 g/mol. The lowest BCUT2D eigenvalue weighted by Gasteiger charge is -2.11. The standard InChI is InChI=1S/C13H11FO2S/c14-12-7-5-10(6-8-12)13-4-2-1-3-11(13)9-17(15)16/h1-8H,9H2,(H,15,16)/p-1. The van der Waals surface area contributed by atoms with Gasteiger partial charge in [-0.15, -0.1) is 0 Å². The molecule has 0 aromatic heterocycles. The smallest absolute Gasteiger partial charge is 0.123 e. The normalized spacial score (nSPS) is 12.4. The van der Waals surface area contributed by atoms with Gasteiger partial charge in [-0.3, -0.25) is 4.21 Å². The lowest BCUT2D eigenvalue weighted by Crippen LogP contribution is -1.96. The van der Waals surface area contributed by atoms with Gasteiger partial charge in [0.1, 0.15) is 5.82 Å². The van der Waals surface area contributed by atoms with Gasteiger partial charge in [-0.05, 0) is 28.8 Å². The average Bonchev–Trinajstić information content (AvgIpc) is 2.30. The van der Waals surface area contributed by atoms with Gasteiger partial charge < -0.3 is 4.55 Å². The Morgan fingerprint density at radius 1 is 1.06 bits per heavy atom. The van der Waals surface area contributed by atoms with E-state index in [-0.39, 0.29) is 11.6 Å². The second-order valence-electron chi connectivity index (χ2n) is 3.61. The Hall–Kier alpha value is -1.52. The van der Waals surface area contributed by atoms with E-state index in [0.29, 0.717) is 5.56 Å². The molecule has 88 valence electrons. The van der Waals surface area contributed by atoms with E-state index in [1.807, 2.05) is 12.1 Å². The maximum atomic E-state index is 12.8. The fourth-order valence-corrected chi connectivity index (χ4v) is 2.19. The van der Waals surface area contributed by atoms with Crippen LogP contribution in [0.2, 0.25) is 0 Å². The van der Waals surface area contributed by atoms with Crippen LogP contribution in [0, 0.1) is 5.82 Å². The van der Waals surface area contributed by atoms with Gasteiger partial charge in [0.25, 0.3) is 0 Å². The van der Waals surface area contributed by atoms with Gasteiger partial charge in [0.2, 0.25) is 0 Å². The third kappa shape index (κ3) is 2.99. The predicted octanol–water partition coefficient (Wildman–Crippen LogP) is 2.87. The van der Waals surface area contributed by atoms with Crippen LogP contribution in [0.3, 0.4) is 0 Å². The molecule has 0 fully saturated rings. The summed E-state index contributed by atoms with van der Waals surface area (Å²) in [4.78, 5) is 0. The van der Waals surface area contributed by atoms with Crippen LogP contribution in [0.4, 0.5) is 4.39 Å². The van der Waals surface area contributed by atoms with Crippen LogP contribution in [0.25, 0.3) is 11.1 Å². The summed E-state index contributed by atoms with van der Waals surface area (Å²) >= 11 is -2.13. The quantitative estimate of drug-likeness (QED) is 0.785. The molecule has 0 heterocycles. The fraction of sp³-hybridized carbons (Fsp3) is 0.0769. The monoisotopic (exact) mass is 249 g/mol. The van der Waals surface area contributed by atoms with E-state index >= 15 is 0 Å². The first-order valence-electron chi connectivity index (χ1n) is 5.06. The van der Waals surface area contributed by atoms with Gasteiger partial charge in [0.05, 0.1) is 0 Å². The van der Waals surface area contributed by atoms with Crippen molar-refractivity contribution in [2.75, 3.05) is 0 Å². The molecule has 0 spiro atoms. The maximum Gasteiger partial charge on any atom is 0.123 e. The maximum absolute atomic E-state index is 12.8. The summed E-state index contributed by atoms with van der Waals surface area (Å²) in [7, 11) is 0. The Balaban J connectivity index is 2.44. The summed E-state index contributed by atoms with van der Waals surface area (Å²) in [5, 5.41) is 0. The van der Waals surface area contributed by atoms with Crippen molar-refractivity contribution < 1.29 is 13.2 Å². The number of benzene rings is 2. The van der Waals surface area contributed by atoms with Crippen molar-refractivity contribution in [3.63, 3.8) is 0 Å². The first-order valence-corrected chi connectivity index (χ1v) is 6.31. The Kier molecular flexibility index (Phi) is 3.66. The van der Waals surface area contributed by atoms with Gasteiger partial charge in [-0.2, -0.15) is 0 Å². The van der Waals surface area contributed by atoms with E-state index in [0.717, 1.165) is 11.1 Å². The molecule has 0 aliphatic heterocycles. The van der Waals surface area contributed by atoms with Crippen LogP contribution < -0.4 is 0 Å². The molecule has 0 N–H and O–H groups in total. The number of halogens is 1. The summed E-state index contributed by atoms with van der Waals surface area (Å²) in [6, 6.07) is 13.2. The molecule has 2 aromatic rings. The molecule has 0 aliphatic carbocycles. The van der Waals surface area contributed by atoms with Crippen LogP contribution in [0.15, 0.2) is 48.5 Å². The molecule has 4 heteroatoms. The zero-order valence-electron chi connectivity index (χ0n) is 8.93. The summed E-state index contributed by atoms with van der Waals surface area (Å²) in [5.74, 6) is -0.341. The predicted molar refractivity (Wildman–Crippen MR) is 64.5 cm³/mol. The molecule has 1 atom stereocenters. The highest BCUT2D eigenvalue weighted by Gasteiger charge is 2.04. The van der Waals surface area contributed by atoms with Crippen LogP contribution in [-0.4, -0.2) is 8.76 Å². The summed E-state index contributed by atoms with van der Waals surface area (Å²) in [6.07, 6.45) is 0. The van der Waals surface area contributed by atoms with Crippen LogP contribution >= 0.6 is 0 Å². The van der Waals surface area contributed by atoms with Gasteiger partial charge >= 0.3 is 0 Å². The van der Waals surface area contributed by atoms with Crippen molar-refractivity contribution in [3.8, 4) is 11.1 Å². The summed E-state index contributed by atoms with van der Waals surface area (Å²) < 4.78 is 34.3. The second-order valence-corrected chi connectivity index (χ2v) is 4.51. The van der Waals surface area contributed by atoms with Gasteiger partial charge in [0, 0.05) is 5.75 Å². The minimum Gasteiger partial charge on any atom is -0.772 e. The van der Waals surface area contributed by atoms with Crippen LogP contribution in [0.5, 0.6) is 0 Å². The van der Waals surface area contributed by atoms with Crippen molar-refractivity contribution >= 4 is 11.1 Å². The highest BCUT2D eigenvalue weighted by molar-refractivity contribution is 7.78. The molecule has 0 aliphatic rings. The molecule has 2 nitrogen and oxygen atoms in total. The lowest BCUT2D eigenvalue weighted by molar-refractivity contribution is 0.536. The molecule has 1 unspecified atom stereocenters. The van der Waals surface area contributed by atoms with Crippen molar-refractivity contribution in [2.45, 2.75) is 5.75 Å². The molecule has 0 amide bonds. The van der Waals surface area contributed by atoms with E-state index in [9.17, 15) is 13.2 Å². The van der Waals surface area contributed by atoms with E-state index in [1.54, 1.807) is 24.3 Å². The molecule has 0 radical (unpaired) electrons. The average molecular weight is 249 g/mol. The Bertz CT molecular complexity index is 537. The Morgan fingerprint density at radius 3 is 2.35 bits per heavy atom. The number of rotatable bonds is 3.